The molecule has 1 atom stereocenters. The molecule has 0 saturated heterocycles. The molecule has 0 aliphatic heterocycles. The van der Waals surface area contributed by atoms with Gasteiger partial charge in [-0.3, -0.25) is 0 Å². The third-order valence-electron chi connectivity index (χ3n) is 7.55. The van der Waals surface area contributed by atoms with Crippen LogP contribution in [-0.2, 0) is 0 Å². The highest BCUT2D eigenvalue weighted by atomic mass is 14.5. The molecule has 156 valence electrons. The maximum Gasteiger partial charge on any atom is 0.0416 e. The molecule has 0 bridgehead atoms. The zero-order valence-corrected chi connectivity index (χ0v) is 18.7. The van der Waals surface area contributed by atoms with E-state index in [1.807, 2.05) is 6.08 Å². The Morgan fingerprint density at radius 1 is 1.03 bits per heavy atom. The molecule has 3 aliphatic carbocycles. The second-order valence-electron chi connectivity index (χ2n) is 9.45. The van der Waals surface area contributed by atoms with Crippen LogP contribution >= 0.6 is 0 Å². The number of allylic oxidation sites excluding steroid dienone is 9. The minimum Gasteiger partial charge on any atom is -0.304 e. The van der Waals surface area contributed by atoms with Crippen LogP contribution in [0.4, 0.5) is 0 Å². The van der Waals surface area contributed by atoms with E-state index in [9.17, 15) is 0 Å². The van der Waals surface area contributed by atoms with Gasteiger partial charge >= 0.3 is 0 Å². The molecule has 1 nitrogen and oxygen atoms in total. The van der Waals surface area contributed by atoms with Gasteiger partial charge in [0.05, 0.1) is 0 Å². The van der Waals surface area contributed by atoms with E-state index in [1.54, 1.807) is 0 Å². The molecule has 0 spiro atoms. The van der Waals surface area contributed by atoms with Gasteiger partial charge in [-0.25, -0.2) is 0 Å². The van der Waals surface area contributed by atoms with E-state index in [-0.39, 0.29) is 0 Å². The van der Waals surface area contributed by atoms with Crippen LogP contribution in [0.15, 0.2) is 83.5 Å². The first kappa shape index (κ1) is 20.8. The Morgan fingerprint density at radius 2 is 1.67 bits per heavy atom. The predicted molar refractivity (Wildman–Crippen MR) is 129 cm³/mol. The van der Waals surface area contributed by atoms with Crippen molar-refractivity contribution in [3.05, 3.63) is 94.6 Å². The molecule has 0 aromatic heterocycles. The first-order valence-electron chi connectivity index (χ1n) is 11.5. The third-order valence-corrected chi connectivity index (χ3v) is 7.55. The van der Waals surface area contributed by atoms with Gasteiger partial charge < -0.3 is 5.41 Å². The lowest BCUT2D eigenvalue weighted by atomic mass is 9.74. The summed E-state index contributed by atoms with van der Waals surface area (Å²) < 4.78 is 0. The topological polar surface area (TPSA) is 23.9 Å². The van der Waals surface area contributed by atoms with E-state index in [2.05, 4.69) is 75.9 Å². The van der Waals surface area contributed by atoms with Crippen molar-refractivity contribution in [3.63, 3.8) is 0 Å². The van der Waals surface area contributed by atoms with Gasteiger partial charge in [0.2, 0.25) is 0 Å². The fourth-order valence-corrected chi connectivity index (χ4v) is 5.56. The highest BCUT2D eigenvalue weighted by Crippen LogP contribution is 2.42. The van der Waals surface area contributed by atoms with Crippen LogP contribution in [0.25, 0.3) is 0 Å². The van der Waals surface area contributed by atoms with Gasteiger partial charge in [0.25, 0.3) is 0 Å². The van der Waals surface area contributed by atoms with Crippen LogP contribution in [0.3, 0.4) is 0 Å². The van der Waals surface area contributed by atoms with Crippen LogP contribution in [0, 0.1) is 17.2 Å². The average Bonchev–Trinajstić information content (AvgIpc) is 3.38. The quantitative estimate of drug-likeness (QED) is 0.371. The summed E-state index contributed by atoms with van der Waals surface area (Å²) >= 11 is 0. The number of benzene rings is 1. The number of rotatable bonds is 6. The van der Waals surface area contributed by atoms with Gasteiger partial charge in [-0.1, -0.05) is 72.7 Å². The lowest BCUT2D eigenvalue weighted by molar-refractivity contribution is 0.391. The normalized spacial score (nSPS) is 25.3. The molecule has 0 amide bonds. The van der Waals surface area contributed by atoms with Gasteiger partial charge in [-0.2, -0.15) is 0 Å². The zero-order chi connectivity index (χ0) is 21.3. The van der Waals surface area contributed by atoms with Crippen LogP contribution in [0.1, 0.15) is 75.8 Å². The average molecular weight is 398 g/mol. The Bertz CT molecular complexity index is 925. The number of nitrogens with one attached hydrogen (secondary N) is 1. The van der Waals surface area contributed by atoms with E-state index in [0.717, 1.165) is 25.0 Å². The first-order chi connectivity index (χ1) is 14.5. The Kier molecular flexibility index (Phi) is 6.09. The lowest BCUT2D eigenvalue weighted by Gasteiger charge is -2.30. The van der Waals surface area contributed by atoms with Crippen molar-refractivity contribution in [2.45, 2.75) is 64.7 Å². The van der Waals surface area contributed by atoms with Crippen LogP contribution in [0.2, 0.25) is 0 Å². The largest absolute Gasteiger partial charge is 0.304 e. The summed E-state index contributed by atoms with van der Waals surface area (Å²) in [7, 11) is 0. The fraction of sp³-hybridized carbons (Fsp3) is 0.414. The molecule has 4 rings (SSSR count). The molecule has 1 aromatic rings. The third kappa shape index (κ3) is 3.95. The molecule has 0 radical (unpaired) electrons. The van der Waals surface area contributed by atoms with E-state index in [1.165, 1.54) is 46.3 Å². The summed E-state index contributed by atoms with van der Waals surface area (Å²) in [6.45, 7) is 10.6. The van der Waals surface area contributed by atoms with Crippen molar-refractivity contribution in [3.8, 4) is 0 Å². The molecule has 0 unspecified atom stereocenters. The van der Waals surface area contributed by atoms with E-state index in [4.69, 9.17) is 5.41 Å². The first-order valence-corrected chi connectivity index (χ1v) is 11.5. The SMILES string of the molecule is C=C[C@H](C)c1ccc(C2CCC(C(=N)C3=C(C4C(C)=CC=C4C)CC=C3)CC2)cc1. The Balaban J connectivity index is 1.42. The molecular weight excluding hydrogens is 362 g/mol. The molecule has 30 heavy (non-hydrogen) atoms. The smallest absolute Gasteiger partial charge is 0.0416 e. The van der Waals surface area contributed by atoms with Crippen LogP contribution in [-0.4, -0.2) is 5.71 Å². The summed E-state index contributed by atoms with van der Waals surface area (Å²) in [4.78, 5) is 0. The van der Waals surface area contributed by atoms with Gasteiger partial charge in [0.15, 0.2) is 0 Å². The molecule has 3 aliphatic rings. The molecule has 1 fully saturated rings. The molecule has 1 heteroatoms. The van der Waals surface area contributed by atoms with Crippen molar-refractivity contribution in [2.75, 3.05) is 0 Å². The standard InChI is InChI=1S/C29H35N/c1-5-19(2)22-11-13-23(14-12-22)24-15-17-25(18-16-24)29(30)27-8-6-7-26(27)28-20(3)9-10-21(28)4/h5-6,8-14,19,24-25,28,30H,1,7,15-18H2,2-4H3/t19-,24?,25?/m0/s1. The van der Waals surface area contributed by atoms with Crippen molar-refractivity contribution in [1.29, 1.82) is 5.41 Å². The van der Waals surface area contributed by atoms with E-state index in [0.29, 0.717) is 23.7 Å². The van der Waals surface area contributed by atoms with E-state index >= 15 is 0 Å². The minimum absolute atomic E-state index is 0.407. The van der Waals surface area contributed by atoms with Crippen molar-refractivity contribution < 1.29 is 0 Å². The lowest BCUT2D eigenvalue weighted by Crippen LogP contribution is -2.23. The minimum atomic E-state index is 0.407. The molecular formula is C29H35N. The highest BCUT2D eigenvalue weighted by molar-refractivity contribution is 6.03. The summed E-state index contributed by atoms with van der Waals surface area (Å²) in [5.41, 5.74) is 9.23. The second-order valence-corrected chi connectivity index (χ2v) is 9.45. The Labute approximate surface area is 182 Å². The fourth-order valence-electron chi connectivity index (χ4n) is 5.56. The number of hydrogen-bond acceptors (Lipinski definition) is 1. The van der Waals surface area contributed by atoms with Gasteiger partial charge in [0, 0.05) is 17.5 Å². The van der Waals surface area contributed by atoms with Crippen LogP contribution < -0.4 is 0 Å². The van der Waals surface area contributed by atoms with Crippen molar-refractivity contribution in [1.82, 2.24) is 0 Å². The summed E-state index contributed by atoms with van der Waals surface area (Å²) in [6.07, 6.45) is 16.6. The van der Waals surface area contributed by atoms with Crippen molar-refractivity contribution >= 4 is 5.71 Å². The Hall–Kier alpha value is -2.41. The summed E-state index contributed by atoms with van der Waals surface area (Å²) in [6, 6.07) is 9.17. The van der Waals surface area contributed by atoms with Gasteiger partial charge in [0.1, 0.15) is 0 Å². The molecule has 1 N–H and O–H groups in total. The monoisotopic (exact) mass is 397 g/mol. The Morgan fingerprint density at radius 3 is 2.27 bits per heavy atom. The van der Waals surface area contributed by atoms with Gasteiger partial charge in [-0.15, -0.1) is 6.58 Å². The summed E-state index contributed by atoms with van der Waals surface area (Å²) in [5.74, 6) is 1.88. The zero-order valence-electron chi connectivity index (χ0n) is 18.7. The maximum absolute atomic E-state index is 9.02. The second kappa shape index (κ2) is 8.76. The maximum atomic E-state index is 9.02. The molecule has 0 heterocycles. The summed E-state index contributed by atoms with van der Waals surface area (Å²) in [5, 5.41) is 9.02. The van der Waals surface area contributed by atoms with Crippen LogP contribution in [0.5, 0.6) is 0 Å². The molecule has 1 aromatic carbocycles. The predicted octanol–water partition coefficient (Wildman–Crippen LogP) is 8.05. The molecule has 1 saturated carbocycles. The highest BCUT2D eigenvalue weighted by Gasteiger charge is 2.31. The number of hydrogen-bond donors (Lipinski definition) is 1. The van der Waals surface area contributed by atoms with E-state index < -0.39 is 0 Å². The van der Waals surface area contributed by atoms with Crippen molar-refractivity contribution in [2.24, 2.45) is 11.8 Å². The van der Waals surface area contributed by atoms with Gasteiger partial charge in [-0.05, 0) is 80.1 Å².